The van der Waals surface area contributed by atoms with Gasteiger partial charge >= 0.3 is 0 Å². The summed E-state index contributed by atoms with van der Waals surface area (Å²) in [6, 6.07) is 16.3. The van der Waals surface area contributed by atoms with Crippen LogP contribution in [0.15, 0.2) is 59.5 Å². The van der Waals surface area contributed by atoms with Crippen molar-refractivity contribution < 1.29 is 13.2 Å². The first-order valence-electron chi connectivity index (χ1n) is 9.23. The second kappa shape index (κ2) is 9.52. The summed E-state index contributed by atoms with van der Waals surface area (Å²) in [5, 5.41) is 0.354. The molecule has 0 radical (unpaired) electrons. The van der Waals surface area contributed by atoms with E-state index in [0.29, 0.717) is 18.1 Å². The Morgan fingerprint density at radius 1 is 1.00 bits per heavy atom. The van der Waals surface area contributed by atoms with Gasteiger partial charge < -0.3 is 4.90 Å². The number of carbonyl (C=O) groups is 1. The smallest absolute Gasteiger partial charge is 0.240 e. The number of halogens is 1. The molecule has 1 heterocycles. The van der Waals surface area contributed by atoms with E-state index in [1.165, 1.54) is 17.7 Å². The van der Waals surface area contributed by atoms with Crippen molar-refractivity contribution in [2.75, 3.05) is 32.7 Å². The summed E-state index contributed by atoms with van der Waals surface area (Å²) >= 11 is 5.84. The van der Waals surface area contributed by atoms with Gasteiger partial charge in [0.2, 0.25) is 15.9 Å². The van der Waals surface area contributed by atoms with Crippen LogP contribution in [0.2, 0.25) is 5.02 Å². The first kappa shape index (κ1) is 20.8. The van der Waals surface area contributed by atoms with Crippen LogP contribution in [0.25, 0.3) is 0 Å². The number of benzene rings is 2. The predicted octanol–water partition coefficient (Wildman–Crippen LogP) is 2.35. The molecule has 3 rings (SSSR count). The third kappa shape index (κ3) is 5.78. The van der Waals surface area contributed by atoms with E-state index in [4.69, 9.17) is 11.6 Å². The van der Waals surface area contributed by atoms with Gasteiger partial charge in [0.05, 0.1) is 4.90 Å². The standard InChI is InChI=1S/C20H24ClN3O3S/c21-18-7-4-8-19(15-18)28(26,27)22-10-9-20(25)24-13-11-23(12-14-24)16-17-5-2-1-3-6-17/h1-8,15,22H,9-14,16H2. The van der Waals surface area contributed by atoms with Gasteiger partial charge in [0.1, 0.15) is 0 Å². The van der Waals surface area contributed by atoms with E-state index in [0.717, 1.165) is 19.6 Å². The lowest BCUT2D eigenvalue weighted by atomic mass is 10.2. The van der Waals surface area contributed by atoms with Crippen LogP contribution in [-0.2, 0) is 21.4 Å². The maximum Gasteiger partial charge on any atom is 0.240 e. The van der Waals surface area contributed by atoms with E-state index >= 15 is 0 Å². The van der Waals surface area contributed by atoms with Crippen molar-refractivity contribution in [1.82, 2.24) is 14.5 Å². The van der Waals surface area contributed by atoms with Gasteiger partial charge in [0.25, 0.3) is 0 Å². The predicted molar refractivity (Wildman–Crippen MR) is 110 cm³/mol. The molecule has 0 saturated carbocycles. The van der Waals surface area contributed by atoms with Crippen molar-refractivity contribution >= 4 is 27.5 Å². The Bertz CT molecular complexity index is 898. The monoisotopic (exact) mass is 421 g/mol. The fraction of sp³-hybridized carbons (Fsp3) is 0.350. The van der Waals surface area contributed by atoms with E-state index in [1.807, 2.05) is 18.2 Å². The molecule has 28 heavy (non-hydrogen) atoms. The van der Waals surface area contributed by atoms with E-state index in [9.17, 15) is 13.2 Å². The number of nitrogens with zero attached hydrogens (tertiary/aromatic N) is 2. The number of hydrogen-bond donors (Lipinski definition) is 1. The molecule has 1 aliphatic rings. The molecule has 1 aliphatic heterocycles. The molecule has 6 nitrogen and oxygen atoms in total. The lowest BCUT2D eigenvalue weighted by Gasteiger charge is -2.34. The minimum Gasteiger partial charge on any atom is -0.340 e. The Kier molecular flexibility index (Phi) is 7.07. The molecule has 2 aromatic carbocycles. The number of hydrogen-bond acceptors (Lipinski definition) is 4. The van der Waals surface area contributed by atoms with E-state index in [-0.39, 0.29) is 23.8 Å². The minimum atomic E-state index is -3.67. The Morgan fingerprint density at radius 2 is 1.71 bits per heavy atom. The number of carbonyl (C=O) groups excluding carboxylic acids is 1. The topological polar surface area (TPSA) is 69.7 Å². The zero-order chi connectivity index (χ0) is 20.0. The molecular weight excluding hydrogens is 398 g/mol. The van der Waals surface area contributed by atoms with Crippen LogP contribution in [0.4, 0.5) is 0 Å². The number of nitrogens with one attached hydrogen (secondary N) is 1. The highest BCUT2D eigenvalue weighted by Gasteiger charge is 2.21. The normalized spacial score (nSPS) is 15.5. The van der Waals surface area contributed by atoms with Crippen molar-refractivity contribution in [2.24, 2.45) is 0 Å². The summed E-state index contributed by atoms with van der Waals surface area (Å²) in [5.74, 6) is -0.0341. The molecule has 0 unspecified atom stereocenters. The molecule has 0 aromatic heterocycles. The average molecular weight is 422 g/mol. The number of amides is 1. The van der Waals surface area contributed by atoms with Crippen molar-refractivity contribution in [3.63, 3.8) is 0 Å². The molecule has 0 atom stereocenters. The largest absolute Gasteiger partial charge is 0.340 e. The summed E-state index contributed by atoms with van der Waals surface area (Å²) in [6.07, 6.45) is 0.137. The number of rotatable bonds is 7. The highest BCUT2D eigenvalue weighted by atomic mass is 35.5. The van der Waals surface area contributed by atoms with Gasteiger partial charge in [-0.25, -0.2) is 13.1 Å². The molecule has 8 heteroatoms. The van der Waals surface area contributed by atoms with Crippen LogP contribution >= 0.6 is 11.6 Å². The van der Waals surface area contributed by atoms with Crippen LogP contribution in [0.5, 0.6) is 0 Å². The molecule has 1 N–H and O–H groups in total. The van der Waals surface area contributed by atoms with Gasteiger partial charge in [0.15, 0.2) is 0 Å². The average Bonchev–Trinajstić information content (AvgIpc) is 2.69. The maximum atomic E-state index is 12.4. The molecule has 0 bridgehead atoms. The third-order valence-electron chi connectivity index (χ3n) is 4.71. The van der Waals surface area contributed by atoms with Crippen LogP contribution < -0.4 is 4.72 Å². The lowest BCUT2D eigenvalue weighted by molar-refractivity contribution is -0.132. The third-order valence-corrected chi connectivity index (χ3v) is 6.41. The molecule has 150 valence electrons. The van der Waals surface area contributed by atoms with Crippen molar-refractivity contribution in [3.8, 4) is 0 Å². The van der Waals surface area contributed by atoms with E-state index < -0.39 is 10.0 Å². The first-order valence-corrected chi connectivity index (χ1v) is 11.1. The molecule has 1 amide bonds. The second-order valence-electron chi connectivity index (χ2n) is 6.75. The van der Waals surface area contributed by atoms with E-state index in [1.54, 1.807) is 17.0 Å². The maximum absolute atomic E-state index is 12.4. The molecule has 0 aliphatic carbocycles. The highest BCUT2D eigenvalue weighted by Crippen LogP contribution is 2.15. The van der Waals surface area contributed by atoms with Crippen LogP contribution in [-0.4, -0.2) is 56.8 Å². The van der Waals surface area contributed by atoms with Gasteiger partial charge in [-0.2, -0.15) is 0 Å². The fourth-order valence-electron chi connectivity index (χ4n) is 3.16. The lowest BCUT2D eigenvalue weighted by Crippen LogP contribution is -2.48. The molecule has 0 spiro atoms. The van der Waals surface area contributed by atoms with Gasteiger partial charge in [0, 0.05) is 50.7 Å². The van der Waals surface area contributed by atoms with Gasteiger partial charge in [-0.1, -0.05) is 48.0 Å². The molecule has 1 fully saturated rings. The molecular formula is C20H24ClN3O3S. The van der Waals surface area contributed by atoms with Crippen LogP contribution in [0, 0.1) is 0 Å². The van der Waals surface area contributed by atoms with Crippen molar-refractivity contribution in [3.05, 3.63) is 65.2 Å². The van der Waals surface area contributed by atoms with Gasteiger partial charge in [-0.15, -0.1) is 0 Å². The number of piperazine rings is 1. The van der Waals surface area contributed by atoms with Crippen LogP contribution in [0.1, 0.15) is 12.0 Å². The Morgan fingerprint density at radius 3 is 2.39 bits per heavy atom. The molecule has 2 aromatic rings. The molecule has 1 saturated heterocycles. The van der Waals surface area contributed by atoms with Crippen molar-refractivity contribution in [2.45, 2.75) is 17.9 Å². The first-order chi connectivity index (χ1) is 13.4. The zero-order valence-electron chi connectivity index (χ0n) is 15.6. The Hall–Kier alpha value is -1.93. The number of sulfonamides is 1. The summed E-state index contributed by atoms with van der Waals surface area (Å²) < 4.78 is 27.0. The van der Waals surface area contributed by atoms with Gasteiger partial charge in [-0.05, 0) is 23.8 Å². The van der Waals surface area contributed by atoms with Gasteiger partial charge in [-0.3, -0.25) is 9.69 Å². The highest BCUT2D eigenvalue weighted by molar-refractivity contribution is 7.89. The SMILES string of the molecule is O=C(CCNS(=O)(=O)c1cccc(Cl)c1)N1CCN(Cc2ccccc2)CC1. The Labute approximate surface area is 171 Å². The quantitative estimate of drug-likeness (QED) is 0.745. The Balaban J connectivity index is 1.42. The van der Waals surface area contributed by atoms with Crippen molar-refractivity contribution in [1.29, 1.82) is 0 Å². The van der Waals surface area contributed by atoms with Crippen LogP contribution in [0.3, 0.4) is 0 Å². The minimum absolute atomic E-state index is 0.0341. The summed E-state index contributed by atoms with van der Waals surface area (Å²) in [4.78, 5) is 16.6. The summed E-state index contributed by atoms with van der Waals surface area (Å²) in [6.45, 7) is 3.89. The fourth-order valence-corrected chi connectivity index (χ4v) is 4.50. The van der Waals surface area contributed by atoms with E-state index in [2.05, 4.69) is 21.8 Å². The summed E-state index contributed by atoms with van der Waals surface area (Å²) in [5.41, 5.74) is 1.26. The zero-order valence-corrected chi connectivity index (χ0v) is 17.1. The summed E-state index contributed by atoms with van der Waals surface area (Å²) in [7, 11) is -3.67. The second-order valence-corrected chi connectivity index (χ2v) is 8.95.